The molecule has 3 aromatic carbocycles. The van der Waals surface area contributed by atoms with Crippen LogP contribution in [0.25, 0.3) is 6.08 Å². The minimum absolute atomic E-state index is 0.00196. The predicted molar refractivity (Wildman–Crippen MR) is 147 cm³/mol. The third-order valence-corrected chi connectivity index (χ3v) is 5.65. The molecule has 0 spiro atoms. The SMILES string of the molecule is C=CCc1cc(/C=C(\C#N)C(=O)Nc2ccc(C)cc2C)cc(OCC)c1OCc1ccc([N+](=O)[O-])cc1. The molecular weight excluding hydrogens is 482 g/mol. The van der Waals surface area contributed by atoms with Crippen molar-refractivity contribution in [2.24, 2.45) is 0 Å². The summed E-state index contributed by atoms with van der Waals surface area (Å²) in [6.07, 6.45) is 3.68. The number of amides is 1. The number of nitrogens with zero attached hydrogens (tertiary/aromatic N) is 2. The van der Waals surface area contributed by atoms with Crippen molar-refractivity contribution < 1.29 is 19.2 Å². The van der Waals surface area contributed by atoms with Crippen LogP contribution in [0.15, 0.2) is 72.8 Å². The van der Waals surface area contributed by atoms with Gasteiger partial charge in [-0.05, 0) is 80.3 Å². The van der Waals surface area contributed by atoms with E-state index in [0.29, 0.717) is 35.8 Å². The number of benzene rings is 3. The van der Waals surface area contributed by atoms with E-state index in [2.05, 4.69) is 11.9 Å². The molecule has 0 unspecified atom stereocenters. The van der Waals surface area contributed by atoms with Gasteiger partial charge in [-0.25, -0.2) is 0 Å². The van der Waals surface area contributed by atoms with E-state index in [1.807, 2.05) is 51.1 Å². The second-order valence-electron chi connectivity index (χ2n) is 8.59. The molecule has 0 aliphatic heterocycles. The molecule has 0 atom stereocenters. The Morgan fingerprint density at radius 3 is 2.47 bits per heavy atom. The highest BCUT2D eigenvalue weighted by Crippen LogP contribution is 2.35. The van der Waals surface area contributed by atoms with Crippen LogP contribution in [-0.2, 0) is 17.8 Å². The number of hydrogen-bond donors (Lipinski definition) is 1. The molecule has 0 bridgehead atoms. The second kappa shape index (κ2) is 12.9. The fourth-order valence-electron chi connectivity index (χ4n) is 3.83. The number of carbonyl (C=O) groups is 1. The van der Waals surface area contributed by atoms with Crippen molar-refractivity contribution in [3.63, 3.8) is 0 Å². The van der Waals surface area contributed by atoms with E-state index in [0.717, 1.165) is 22.3 Å². The van der Waals surface area contributed by atoms with E-state index < -0.39 is 10.8 Å². The van der Waals surface area contributed by atoms with Crippen LogP contribution in [0, 0.1) is 35.3 Å². The summed E-state index contributed by atoms with van der Waals surface area (Å²) in [4.78, 5) is 23.3. The summed E-state index contributed by atoms with van der Waals surface area (Å²) in [6.45, 7) is 10.1. The zero-order chi connectivity index (χ0) is 27.7. The summed E-state index contributed by atoms with van der Waals surface area (Å²) in [5.74, 6) is 0.439. The van der Waals surface area contributed by atoms with E-state index in [4.69, 9.17) is 9.47 Å². The molecule has 3 rings (SSSR count). The molecule has 0 saturated carbocycles. The van der Waals surface area contributed by atoms with Crippen molar-refractivity contribution in [2.45, 2.75) is 33.8 Å². The quantitative estimate of drug-likeness (QED) is 0.104. The monoisotopic (exact) mass is 511 g/mol. The first-order valence-corrected chi connectivity index (χ1v) is 12.0. The average Bonchev–Trinajstić information content (AvgIpc) is 2.89. The fourth-order valence-corrected chi connectivity index (χ4v) is 3.83. The molecule has 0 aliphatic carbocycles. The second-order valence-corrected chi connectivity index (χ2v) is 8.59. The number of allylic oxidation sites excluding steroid dienone is 1. The van der Waals surface area contributed by atoms with E-state index in [1.165, 1.54) is 18.2 Å². The Bertz CT molecular complexity index is 1420. The Balaban J connectivity index is 1.91. The van der Waals surface area contributed by atoms with Gasteiger partial charge in [-0.3, -0.25) is 14.9 Å². The van der Waals surface area contributed by atoms with Crippen molar-refractivity contribution in [1.29, 1.82) is 5.26 Å². The lowest BCUT2D eigenvalue weighted by Gasteiger charge is -2.17. The summed E-state index contributed by atoms with van der Waals surface area (Å²) >= 11 is 0. The number of non-ortho nitro benzene ring substituents is 1. The van der Waals surface area contributed by atoms with Gasteiger partial charge in [0, 0.05) is 23.4 Å². The van der Waals surface area contributed by atoms with Gasteiger partial charge >= 0.3 is 0 Å². The number of aryl methyl sites for hydroxylation is 2. The zero-order valence-corrected chi connectivity index (χ0v) is 21.6. The summed E-state index contributed by atoms with van der Waals surface area (Å²) in [6, 6.07) is 17.3. The number of ether oxygens (including phenoxy) is 2. The standard InChI is InChI=1S/C30H29N3O5/c1-5-7-24-15-23(16-25(18-31)30(34)32-27-13-8-20(3)14-21(27)4)17-28(37-6-2)29(24)38-19-22-9-11-26(12-10-22)33(35)36/h5,8-17H,1,6-7,19H2,2-4H3,(H,32,34)/b25-16+. The maximum absolute atomic E-state index is 12.9. The third-order valence-electron chi connectivity index (χ3n) is 5.65. The van der Waals surface area contributed by atoms with Gasteiger partial charge < -0.3 is 14.8 Å². The first-order chi connectivity index (χ1) is 18.2. The van der Waals surface area contributed by atoms with Crippen LogP contribution in [0.5, 0.6) is 11.5 Å². The highest BCUT2D eigenvalue weighted by Gasteiger charge is 2.16. The number of nitriles is 1. The molecule has 0 fully saturated rings. The molecule has 1 amide bonds. The van der Waals surface area contributed by atoms with Gasteiger partial charge in [0.25, 0.3) is 11.6 Å². The molecule has 0 saturated heterocycles. The third kappa shape index (κ3) is 7.08. The normalized spacial score (nSPS) is 10.8. The van der Waals surface area contributed by atoms with Gasteiger partial charge in [0.1, 0.15) is 18.2 Å². The van der Waals surface area contributed by atoms with Crippen molar-refractivity contribution in [3.8, 4) is 17.6 Å². The molecule has 194 valence electrons. The van der Waals surface area contributed by atoms with Crippen LogP contribution in [0.2, 0.25) is 0 Å². The van der Waals surface area contributed by atoms with Crippen LogP contribution in [-0.4, -0.2) is 17.4 Å². The van der Waals surface area contributed by atoms with Crippen LogP contribution in [0.1, 0.15) is 34.7 Å². The van der Waals surface area contributed by atoms with Gasteiger partial charge in [0.2, 0.25) is 0 Å². The topological polar surface area (TPSA) is 114 Å². The van der Waals surface area contributed by atoms with E-state index in [1.54, 1.807) is 24.3 Å². The Labute approximate surface area is 222 Å². The van der Waals surface area contributed by atoms with Crippen LogP contribution >= 0.6 is 0 Å². The van der Waals surface area contributed by atoms with Gasteiger partial charge in [0.15, 0.2) is 11.5 Å². The lowest BCUT2D eigenvalue weighted by molar-refractivity contribution is -0.384. The largest absolute Gasteiger partial charge is 0.490 e. The van der Waals surface area contributed by atoms with Crippen molar-refractivity contribution in [2.75, 3.05) is 11.9 Å². The predicted octanol–water partition coefficient (Wildman–Crippen LogP) is 6.46. The molecule has 0 aromatic heterocycles. The fraction of sp³-hybridized carbons (Fsp3) is 0.200. The lowest BCUT2D eigenvalue weighted by atomic mass is 10.0. The van der Waals surface area contributed by atoms with Gasteiger partial charge in [-0.2, -0.15) is 5.26 Å². The molecule has 8 nitrogen and oxygen atoms in total. The number of carbonyl (C=O) groups excluding carboxylic acids is 1. The average molecular weight is 512 g/mol. The molecule has 3 aromatic rings. The summed E-state index contributed by atoms with van der Waals surface area (Å²) < 4.78 is 11.9. The van der Waals surface area contributed by atoms with Gasteiger partial charge in [0.05, 0.1) is 11.5 Å². The number of rotatable bonds is 11. The van der Waals surface area contributed by atoms with Crippen molar-refractivity contribution in [1.82, 2.24) is 0 Å². The van der Waals surface area contributed by atoms with E-state index in [-0.39, 0.29) is 17.9 Å². The first-order valence-electron chi connectivity index (χ1n) is 12.0. The molecule has 0 heterocycles. The number of nitrogens with one attached hydrogen (secondary N) is 1. The Hall–Kier alpha value is -4.90. The summed E-state index contributed by atoms with van der Waals surface area (Å²) in [7, 11) is 0. The maximum atomic E-state index is 12.9. The molecule has 0 radical (unpaired) electrons. The molecule has 38 heavy (non-hydrogen) atoms. The van der Waals surface area contributed by atoms with Crippen LogP contribution in [0.3, 0.4) is 0 Å². The molecule has 1 N–H and O–H groups in total. The molecular formula is C30H29N3O5. The maximum Gasteiger partial charge on any atom is 0.269 e. The Kier molecular flexibility index (Phi) is 9.38. The van der Waals surface area contributed by atoms with E-state index in [9.17, 15) is 20.2 Å². The smallest absolute Gasteiger partial charge is 0.269 e. The summed E-state index contributed by atoms with van der Waals surface area (Å²) in [5, 5.41) is 23.4. The van der Waals surface area contributed by atoms with Crippen molar-refractivity contribution >= 4 is 23.4 Å². The number of nitro groups is 1. The number of anilines is 1. The van der Waals surface area contributed by atoms with Crippen LogP contribution < -0.4 is 14.8 Å². The molecule has 0 aliphatic rings. The highest BCUT2D eigenvalue weighted by atomic mass is 16.6. The van der Waals surface area contributed by atoms with E-state index >= 15 is 0 Å². The minimum Gasteiger partial charge on any atom is -0.490 e. The lowest BCUT2D eigenvalue weighted by Crippen LogP contribution is -2.14. The Morgan fingerprint density at radius 2 is 1.87 bits per heavy atom. The minimum atomic E-state index is -0.513. The first kappa shape index (κ1) is 27.7. The molecule has 8 heteroatoms. The summed E-state index contributed by atoms with van der Waals surface area (Å²) in [5.41, 5.74) is 4.66. The Morgan fingerprint density at radius 1 is 1.13 bits per heavy atom. The zero-order valence-electron chi connectivity index (χ0n) is 21.6. The van der Waals surface area contributed by atoms with Crippen molar-refractivity contribution in [3.05, 3.63) is 111 Å². The number of hydrogen-bond acceptors (Lipinski definition) is 6. The highest BCUT2D eigenvalue weighted by molar-refractivity contribution is 6.10. The van der Waals surface area contributed by atoms with Gasteiger partial charge in [-0.15, -0.1) is 6.58 Å². The van der Waals surface area contributed by atoms with Crippen LogP contribution in [0.4, 0.5) is 11.4 Å². The van der Waals surface area contributed by atoms with Gasteiger partial charge in [-0.1, -0.05) is 23.8 Å². The number of nitro benzene ring substituents is 1.